The molecule has 0 atom stereocenters. The highest BCUT2D eigenvalue weighted by molar-refractivity contribution is 5.87. The molecule has 3 aromatic rings. The SMILES string of the molecule is N#Cc1cccc(Cn2ccc3cc(C=O)ccc32)c1F. The van der Waals surface area contributed by atoms with E-state index >= 15 is 0 Å². The van der Waals surface area contributed by atoms with Crippen molar-refractivity contribution in [1.29, 1.82) is 5.26 Å². The molecule has 0 saturated heterocycles. The van der Waals surface area contributed by atoms with Crippen LogP contribution in [0.15, 0.2) is 48.7 Å². The zero-order valence-electron chi connectivity index (χ0n) is 11.1. The van der Waals surface area contributed by atoms with Gasteiger partial charge in [-0.05, 0) is 30.3 Å². The average molecular weight is 278 g/mol. The molecule has 0 fully saturated rings. The Morgan fingerprint density at radius 3 is 2.86 bits per heavy atom. The van der Waals surface area contributed by atoms with E-state index in [2.05, 4.69) is 0 Å². The monoisotopic (exact) mass is 278 g/mol. The van der Waals surface area contributed by atoms with Crippen molar-refractivity contribution in [3.63, 3.8) is 0 Å². The number of rotatable bonds is 3. The van der Waals surface area contributed by atoms with Gasteiger partial charge in [0.2, 0.25) is 0 Å². The third-order valence-electron chi connectivity index (χ3n) is 3.47. The van der Waals surface area contributed by atoms with Gasteiger partial charge in [0.1, 0.15) is 18.2 Å². The van der Waals surface area contributed by atoms with Gasteiger partial charge in [-0.25, -0.2) is 4.39 Å². The van der Waals surface area contributed by atoms with Crippen LogP contribution in [-0.4, -0.2) is 10.9 Å². The molecular formula is C17H11FN2O. The van der Waals surface area contributed by atoms with E-state index in [4.69, 9.17) is 5.26 Å². The Morgan fingerprint density at radius 1 is 1.24 bits per heavy atom. The highest BCUT2D eigenvalue weighted by Crippen LogP contribution is 2.20. The summed E-state index contributed by atoms with van der Waals surface area (Å²) < 4.78 is 16.0. The number of nitrogens with zero attached hydrogens (tertiary/aromatic N) is 2. The summed E-state index contributed by atoms with van der Waals surface area (Å²) in [5, 5.41) is 9.80. The van der Waals surface area contributed by atoms with E-state index in [0.717, 1.165) is 17.2 Å². The Hall–Kier alpha value is -2.93. The van der Waals surface area contributed by atoms with Gasteiger partial charge in [0.05, 0.1) is 12.1 Å². The van der Waals surface area contributed by atoms with Crippen LogP contribution in [0.25, 0.3) is 10.9 Å². The highest BCUT2D eigenvalue weighted by atomic mass is 19.1. The molecule has 0 N–H and O–H groups in total. The zero-order chi connectivity index (χ0) is 14.8. The maximum atomic E-state index is 14.1. The fourth-order valence-corrected chi connectivity index (χ4v) is 2.40. The van der Waals surface area contributed by atoms with Gasteiger partial charge in [-0.2, -0.15) is 5.26 Å². The number of hydrogen-bond donors (Lipinski definition) is 0. The zero-order valence-corrected chi connectivity index (χ0v) is 11.1. The summed E-state index contributed by atoms with van der Waals surface area (Å²) in [4.78, 5) is 10.8. The van der Waals surface area contributed by atoms with Gasteiger partial charge >= 0.3 is 0 Å². The van der Waals surface area contributed by atoms with E-state index in [1.807, 2.05) is 29.0 Å². The smallest absolute Gasteiger partial charge is 0.150 e. The van der Waals surface area contributed by atoms with Gasteiger partial charge in [-0.1, -0.05) is 12.1 Å². The van der Waals surface area contributed by atoms with Gasteiger partial charge in [-0.3, -0.25) is 4.79 Å². The van der Waals surface area contributed by atoms with Gasteiger partial charge in [0.15, 0.2) is 0 Å². The molecule has 102 valence electrons. The first-order chi connectivity index (χ1) is 10.2. The fraction of sp³-hybridized carbons (Fsp3) is 0.0588. The molecule has 2 aromatic carbocycles. The minimum absolute atomic E-state index is 0.0483. The number of benzene rings is 2. The van der Waals surface area contributed by atoms with Crippen molar-refractivity contribution in [3.8, 4) is 6.07 Å². The van der Waals surface area contributed by atoms with E-state index < -0.39 is 5.82 Å². The third-order valence-corrected chi connectivity index (χ3v) is 3.47. The molecule has 0 aliphatic carbocycles. The van der Waals surface area contributed by atoms with Crippen molar-refractivity contribution in [2.75, 3.05) is 0 Å². The van der Waals surface area contributed by atoms with Gasteiger partial charge in [-0.15, -0.1) is 0 Å². The molecule has 3 rings (SSSR count). The Labute approximate surface area is 120 Å². The topological polar surface area (TPSA) is 45.8 Å². The standard InChI is InChI=1S/C17H11FN2O/c18-17-14(9-19)2-1-3-15(17)10-20-7-6-13-8-12(11-21)4-5-16(13)20/h1-8,11H,10H2. The minimum atomic E-state index is -0.480. The summed E-state index contributed by atoms with van der Waals surface area (Å²) in [6, 6.07) is 13.9. The molecule has 0 unspecified atom stereocenters. The molecule has 0 spiro atoms. The van der Waals surface area contributed by atoms with E-state index in [1.165, 1.54) is 6.07 Å². The number of fused-ring (bicyclic) bond motifs is 1. The fourth-order valence-electron chi connectivity index (χ4n) is 2.40. The second-order valence-corrected chi connectivity index (χ2v) is 4.77. The van der Waals surface area contributed by atoms with Crippen LogP contribution in [0.5, 0.6) is 0 Å². The predicted molar refractivity (Wildman–Crippen MR) is 77.5 cm³/mol. The maximum Gasteiger partial charge on any atom is 0.150 e. The van der Waals surface area contributed by atoms with E-state index in [0.29, 0.717) is 17.7 Å². The number of aromatic nitrogens is 1. The second-order valence-electron chi connectivity index (χ2n) is 4.77. The van der Waals surface area contributed by atoms with Crippen LogP contribution < -0.4 is 0 Å². The Balaban J connectivity index is 2.03. The summed E-state index contributed by atoms with van der Waals surface area (Å²) in [5.74, 6) is -0.480. The molecule has 1 heterocycles. The lowest BCUT2D eigenvalue weighted by molar-refractivity contribution is 0.112. The second kappa shape index (κ2) is 5.22. The van der Waals surface area contributed by atoms with Crippen LogP contribution in [0, 0.1) is 17.1 Å². The van der Waals surface area contributed by atoms with Crippen molar-refractivity contribution in [2.45, 2.75) is 6.54 Å². The quantitative estimate of drug-likeness (QED) is 0.688. The predicted octanol–water partition coefficient (Wildman–Crippen LogP) is 3.51. The Bertz CT molecular complexity index is 874. The first-order valence-corrected chi connectivity index (χ1v) is 6.44. The van der Waals surface area contributed by atoms with E-state index in [-0.39, 0.29) is 5.56 Å². The molecule has 3 nitrogen and oxygen atoms in total. The Morgan fingerprint density at radius 2 is 2.10 bits per heavy atom. The summed E-state index contributed by atoms with van der Waals surface area (Å²) >= 11 is 0. The first-order valence-electron chi connectivity index (χ1n) is 6.44. The molecule has 0 bridgehead atoms. The van der Waals surface area contributed by atoms with E-state index in [1.54, 1.807) is 24.3 Å². The largest absolute Gasteiger partial charge is 0.343 e. The number of carbonyl (C=O) groups excluding carboxylic acids is 1. The van der Waals surface area contributed by atoms with Gasteiger partial charge < -0.3 is 4.57 Å². The maximum absolute atomic E-state index is 14.1. The summed E-state index contributed by atoms with van der Waals surface area (Å²) in [7, 11) is 0. The van der Waals surface area contributed by atoms with E-state index in [9.17, 15) is 9.18 Å². The number of hydrogen-bond acceptors (Lipinski definition) is 2. The summed E-state index contributed by atoms with van der Waals surface area (Å²) in [5.41, 5.74) is 2.04. The molecular weight excluding hydrogens is 267 g/mol. The number of halogens is 1. The molecule has 4 heteroatoms. The van der Waals surface area contributed by atoms with Crippen molar-refractivity contribution in [1.82, 2.24) is 4.57 Å². The molecule has 0 aliphatic rings. The lowest BCUT2D eigenvalue weighted by Crippen LogP contribution is -2.02. The minimum Gasteiger partial charge on any atom is -0.343 e. The summed E-state index contributed by atoms with van der Waals surface area (Å²) in [6.45, 7) is 0.339. The first kappa shape index (κ1) is 13.1. The van der Waals surface area contributed by atoms with Gasteiger partial charge in [0, 0.05) is 28.2 Å². The van der Waals surface area contributed by atoms with Crippen LogP contribution >= 0.6 is 0 Å². The molecule has 0 saturated carbocycles. The van der Waals surface area contributed by atoms with Crippen LogP contribution in [-0.2, 0) is 6.54 Å². The molecule has 0 radical (unpaired) electrons. The lowest BCUT2D eigenvalue weighted by Gasteiger charge is -2.08. The van der Waals surface area contributed by atoms with Crippen LogP contribution in [0.3, 0.4) is 0 Å². The highest BCUT2D eigenvalue weighted by Gasteiger charge is 2.09. The molecule has 21 heavy (non-hydrogen) atoms. The van der Waals surface area contributed by atoms with Crippen molar-refractivity contribution in [3.05, 3.63) is 71.2 Å². The van der Waals surface area contributed by atoms with Crippen LogP contribution in [0.2, 0.25) is 0 Å². The van der Waals surface area contributed by atoms with Crippen molar-refractivity contribution >= 4 is 17.2 Å². The molecule has 0 aliphatic heterocycles. The Kier molecular flexibility index (Phi) is 3.25. The number of carbonyl (C=O) groups is 1. The molecule has 1 aromatic heterocycles. The third kappa shape index (κ3) is 2.30. The van der Waals surface area contributed by atoms with Crippen LogP contribution in [0.4, 0.5) is 4.39 Å². The normalized spacial score (nSPS) is 10.5. The number of nitriles is 1. The van der Waals surface area contributed by atoms with Crippen molar-refractivity contribution < 1.29 is 9.18 Å². The lowest BCUT2D eigenvalue weighted by atomic mass is 10.1. The number of aldehydes is 1. The van der Waals surface area contributed by atoms with Crippen LogP contribution in [0.1, 0.15) is 21.5 Å². The molecule has 0 amide bonds. The summed E-state index contributed by atoms with van der Waals surface area (Å²) in [6.07, 6.45) is 2.64. The van der Waals surface area contributed by atoms with Gasteiger partial charge in [0.25, 0.3) is 0 Å². The average Bonchev–Trinajstić information content (AvgIpc) is 2.91. The van der Waals surface area contributed by atoms with Crippen molar-refractivity contribution in [2.24, 2.45) is 0 Å².